The van der Waals surface area contributed by atoms with Gasteiger partial charge in [0.25, 0.3) is 10.0 Å². The molecule has 0 radical (unpaired) electrons. The van der Waals surface area contributed by atoms with Crippen molar-refractivity contribution in [1.82, 2.24) is 8.96 Å². The Hall–Kier alpha value is -3.78. The van der Waals surface area contributed by atoms with Gasteiger partial charge in [-0.3, -0.25) is 0 Å². The molecule has 168 valence electrons. The van der Waals surface area contributed by atoms with Crippen molar-refractivity contribution < 1.29 is 23.7 Å². The van der Waals surface area contributed by atoms with Crippen molar-refractivity contribution in [1.29, 1.82) is 0 Å². The molecule has 3 N–H and O–H groups in total. The van der Waals surface area contributed by atoms with E-state index in [9.17, 15) is 23.7 Å². The number of aromatic nitrogens is 2. The van der Waals surface area contributed by atoms with E-state index in [0.29, 0.717) is 16.7 Å². The van der Waals surface area contributed by atoms with Crippen molar-refractivity contribution in [2.24, 2.45) is 0 Å². The number of nitrogens with zero attached hydrogens (tertiary/aromatic N) is 2. The molecule has 0 fully saturated rings. The average Bonchev–Trinajstić information content (AvgIpc) is 3.36. The van der Waals surface area contributed by atoms with Gasteiger partial charge in [-0.1, -0.05) is 38.0 Å². The summed E-state index contributed by atoms with van der Waals surface area (Å²) in [5.41, 5.74) is 0.917. The zero-order valence-corrected chi connectivity index (χ0v) is 19.0. The Morgan fingerprint density at radius 3 is 1.69 bits per heavy atom. The third-order valence-electron chi connectivity index (χ3n) is 4.93. The molecule has 1 aromatic heterocycles. The van der Waals surface area contributed by atoms with Crippen molar-refractivity contribution in [3.63, 3.8) is 0 Å². The first-order valence-corrected chi connectivity index (χ1v) is 10.9. The number of aliphatic hydroxyl groups excluding tert-OH is 3. The standard InChI is InChI=1S/C24H26N2O5S/c1-7-15(4)21(27)18-12-19(22(28)16(5)8-2)24(20(13-18)23(29)17(6)9-3)32(30,31)26-11-10-25-14-26/h7-14,27-29H,1-3H2,4-6H3/b21-15-,22-16-,23-17-. The third kappa shape index (κ3) is 4.45. The molecule has 7 nitrogen and oxygen atoms in total. The van der Waals surface area contributed by atoms with Crippen LogP contribution in [-0.2, 0) is 10.0 Å². The molecule has 0 atom stereocenters. The Balaban J connectivity index is 3.21. The summed E-state index contributed by atoms with van der Waals surface area (Å²) in [6, 6.07) is 2.66. The first-order valence-electron chi connectivity index (χ1n) is 9.50. The van der Waals surface area contributed by atoms with Crippen LogP contribution in [0.25, 0.3) is 17.3 Å². The molecule has 0 aliphatic carbocycles. The van der Waals surface area contributed by atoms with Gasteiger partial charge in [-0.05, 0) is 49.6 Å². The van der Waals surface area contributed by atoms with E-state index in [1.165, 1.54) is 42.8 Å². The van der Waals surface area contributed by atoms with E-state index in [2.05, 4.69) is 24.7 Å². The molecule has 0 saturated carbocycles. The molecular weight excluding hydrogens is 428 g/mol. The molecular formula is C24H26N2O5S. The molecule has 0 aliphatic rings. The van der Waals surface area contributed by atoms with Crippen LogP contribution in [0.2, 0.25) is 0 Å². The minimum atomic E-state index is -4.32. The van der Waals surface area contributed by atoms with E-state index >= 15 is 0 Å². The predicted molar refractivity (Wildman–Crippen MR) is 128 cm³/mol. The van der Waals surface area contributed by atoms with Gasteiger partial charge in [0.1, 0.15) is 28.5 Å². The topological polar surface area (TPSA) is 113 Å². The SMILES string of the molecule is C=C/C(C)=C(\O)c1cc(/C(O)=C(\C)C=C)c(S(=O)(=O)n2ccnc2)c(/C(O)=C(\C)C=C)c1. The number of benzene rings is 1. The highest BCUT2D eigenvalue weighted by molar-refractivity contribution is 7.90. The van der Waals surface area contributed by atoms with Crippen LogP contribution in [0, 0.1) is 0 Å². The quantitative estimate of drug-likeness (QED) is 0.356. The molecule has 0 amide bonds. The zero-order chi connectivity index (χ0) is 24.2. The molecule has 0 spiro atoms. The Kier molecular flexibility index (Phi) is 7.32. The molecule has 1 heterocycles. The van der Waals surface area contributed by atoms with Crippen LogP contribution in [0.5, 0.6) is 0 Å². The minimum absolute atomic E-state index is 0.129. The number of rotatable bonds is 8. The summed E-state index contributed by atoms with van der Waals surface area (Å²) in [5.74, 6) is -0.952. The van der Waals surface area contributed by atoms with Crippen LogP contribution >= 0.6 is 0 Å². The van der Waals surface area contributed by atoms with Crippen molar-refractivity contribution >= 4 is 27.3 Å². The van der Waals surface area contributed by atoms with E-state index in [1.807, 2.05) is 0 Å². The summed E-state index contributed by atoms with van der Waals surface area (Å²) in [7, 11) is -4.32. The van der Waals surface area contributed by atoms with E-state index in [-0.39, 0.29) is 38.9 Å². The summed E-state index contributed by atoms with van der Waals surface area (Å²) < 4.78 is 28.0. The van der Waals surface area contributed by atoms with Crippen molar-refractivity contribution in [2.75, 3.05) is 0 Å². The van der Waals surface area contributed by atoms with Crippen molar-refractivity contribution in [3.05, 3.63) is 102 Å². The highest BCUT2D eigenvalue weighted by Gasteiger charge is 2.30. The van der Waals surface area contributed by atoms with Crippen LogP contribution < -0.4 is 0 Å². The van der Waals surface area contributed by atoms with Gasteiger partial charge < -0.3 is 15.3 Å². The highest BCUT2D eigenvalue weighted by atomic mass is 32.2. The summed E-state index contributed by atoms with van der Waals surface area (Å²) in [4.78, 5) is 3.42. The van der Waals surface area contributed by atoms with E-state index < -0.39 is 10.0 Å². The Bertz CT molecular complexity index is 1230. The molecule has 0 unspecified atom stereocenters. The Morgan fingerprint density at radius 1 is 0.875 bits per heavy atom. The van der Waals surface area contributed by atoms with Crippen LogP contribution in [0.3, 0.4) is 0 Å². The normalized spacial score (nSPS) is 14.1. The average molecular weight is 455 g/mol. The molecule has 0 saturated heterocycles. The summed E-state index contributed by atoms with van der Waals surface area (Å²) in [5, 5.41) is 32.5. The fourth-order valence-corrected chi connectivity index (χ4v) is 4.30. The molecule has 0 bridgehead atoms. The zero-order valence-electron chi connectivity index (χ0n) is 18.2. The molecule has 8 heteroatoms. The second kappa shape index (κ2) is 9.57. The van der Waals surface area contributed by atoms with Gasteiger partial charge in [0, 0.05) is 29.1 Å². The number of allylic oxidation sites excluding steroid dienone is 6. The lowest BCUT2D eigenvalue weighted by molar-refractivity contribution is 0.496. The van der Waals surface area contributed by atoms with Gasteiger partial charge in [-0.15, -0.1) is 0 Å². The van der Waals surface area contributed by atoms with Crippen LogP contribution in [0.4, 0.5) is 0 Å². The summed E-state index contributed by atoms with van der Waals surface area (Å²) >= 11 is 0. The number of aliphatic hydroxyl groups is 3. The molecule has 32 heavy (non-hydrogen) atoms. The lowest BCUT2D eigenvalue weighted by Gasteiger charge is -2.19. The number of imidazole rings is 1. The van der Waals surface area contributed by atoms with Gasteiger partial charge in [-0.2, -0.15) is 0 Å². The monoisotopic (exact) mass is 454 g/mol. The maximum Gasteiger partial charge on any atom is 0.270 e. The van der Waals surface area contributed by atoms with Crippen molar-refractivity contribution in [2.45, 2.75) is 25.7 Å². The van der Waals surface area contributed by atoms with Gasteiger partial charge in [-0.25, -0.2) is 17.4 Å². The van der Waals surface area contributed by atoms with Gasteiger partial charge in [0.05, 0.1) is 0 Å². The number of hydrogen-bond acceptors (Lipinski definition) is 6. The first kappa shape index (κ1) is 24.5. The Morgan fingerprint density at radius 2 is 1.31 bits per heavy atom. The van der Waals surface area contributed by atoms with Gasteiger partial charge in [0.15, 0.2) is 0 Å². The van der Waals surface area contributed by atoms with Gasteiger partial charge >= 0.3 is 0 Å². The Labute approximate surface area is 188 Å². The van der Waals surface area contributed by atoms with Crippen LogP contribution in [0.15, 0.2) is 90.4 Å². The second-order valence-electron chi connectivity index (χ2n) is 7.01. The maximum atomic E-state index is 13.6. The largest absolute Gasteiger partial charge is 0.507 e. The predicted octanol–water partition coefficient (Wildman–Crippen LogP) is 5.55. The molecule has 2 rings (SSSR count). The second-order valence-corrected chi connectivity index (χ2v) is 8.79. The molecule has 1 aromatic carbocycles. The minimum Gasteiger partial charge on any atom is -0.507 e. The number of hydrogen-bond donors (Lipinski definition) is 3. The fourth-order valence-electron chi connectivity index (χ4n) is 2.83. The summed E-state index contributed by atoms with van der Waals surface area (Å²) in [6.45, 7) is 15.6. The first-order chi connectivity index (χ1) is 15.0. The fraction of sp³-hybridized carbons (Fsp3) is 0.125. The lowest BCUT2D eigenvalue weighted by Crippen LogP contribution is -2.17. The van der Waals surface area contributed by atoms with E-state index in [0.717, 1.165) is 10.3 Å². The van der Waals surface area contributed by atoms with Gasteiger partial charge in [0.2, 0.25) is 0 Å². The van der Waals surface area contributed by atoms with Crippen LogP contribution in [0.1, 0.15) is 37.5 Å². The maximum absolute atomic E-state index is 13.6. The van der Waals surface area contributed by atoms with Crippen LogP contribution in [-0.4, -0.2) is 32.7 Å². The van der Waals surface area contributed by atoms with E-state index in [1.54, 1.807) is 20.8 Å². The third-order valence-corrected chi connectivity index (χ3v) is 6.65. The van der Waals surface area contributed by atoms with Crippen molar-refractivity contribution in [3.8, 4) is 0 Å². The smallest absolute Gasteiger partial charge is 0.270 e. The summed E-state index contributed by atoms with van der Waals surface area (Å²) in [6.07, 6.45) is 7.79. The molecule has 2 aromatic rings. The van der Waals surface area contributed by atoms with E-state index in [4.69, 9.17) is 0 Å². The highest BCUT2D eigenvalue weighted by Crippen LogP contribution is 2.36. The lowest BCUT2D eigenvalue weighted by atomic mass is 9.97. The molecule has 0 aliphatic heterocycles.